The van der Waals surface area contributed by atoms with Crippen LogP contribution in [0, 0.1) is 0 Å². The normalized spacial score (nSPS) is 13.7. The second-order valence-corrected chi connectivity index (χ2v) is 9.11. The first-order valence-electron chi connectivity index (χ1n) is 11.0. The van der Waals surface area contributed by atoms with Gasteiger partial charge in [0.1, 0.15) is 11.6 Å². The summed E-state index contributed by atoms with van der Waals surface area (Å²) >= 11 is 1.34. The first-order valence-corrected chi connectivity index (χ1v) is 11.9. The van der Waals surface area contributed by atoms with Crippen molar-refractivity contribution in [2.24, 2.45) is 5.10 Å². The molecule has 0 saturated heterocycles. The van der Waals surface area contributed by atoms with E-state index in [1.807, 2.05) is 42.5 Å². The molecular formula is C26H24N4O4S. The van der Waals surface area contributed by atoms with E-state index in [-0.39, 0.29) is 30.7 Å². The summed E-state index contributed by atoms with van der Waals surface area (Å²) in [5.74, 6) is 0.185. The van der Waals surface area contributed by atoms with Gasteiger partial charge in [-0.15, -0.1) is 11.8 Å². The quantitative estimate of drug-likeness (QED) is 0.466. The first-order chi connectivity index (χ1) is 17.0. The van der Waals surface area contributed by atoms with E-state index in [1.54, 1.807) is 49.4 Å². The van der Waals surface area contributed by atoms with Crippen molar-refractivity contribution in [2.75, 3.05) is 16.9 Å². The van der Waals surface area contributed by atoms with Crippen molar-refractivity contribution in [1.82, 2.24) is 5.32 Å². The summed E-state index contributed by atoms with van der Waals surface area (Å²) in [6.45, 7) is 1.66. The van der Waals surface area contributed by atoms with Crippen LogP contribution in [0.15, 0.2) is 94.9 Å². The third-order valence-electron chi connectivity index (χ3n) is 4.96. The average molecular weight is 489 g/mol. The number of amides is 3. The first kappa shape index (κ1) is 24.0. The number of anilines is 2. The lowest BCUT2D eigenvalue weighted by Crippen LogP contribution is -2.35. The minimum atomic E-state index is -0.453. The molecule has 0 fully saturated rings. The monoisotopic (exact) mass is 488 g/mol. The maximum absolute atomic E-state index is 12.7. The second-order valence-electron chi connectivity index (χ2n) is 7.69. The Kier molecular flexibility index (Phi) is 7.79. The molecule has 9 heteroatoms. The lowest BCUT2D eigenvalue weighted by molar-refractivity contribution is -0.119. The molecule has 0 saturated carbocycles. The summed E-state index contributed by atoms with van der Waals surface area (Å²) in [7, 11) is 0. The highest BCUT2D eigenvalue weighted by molar-refractivity contribution is 8.00. The molecular weight excluding hydrogens is 464 g/mol. The Morgan fingerprint density at radius 2 is 1.71 bits per heavy atom. The Bertz CT molecular complexity index is 1230. The lowest BCUT2D eigenvalue weighted by atomic mass is 10.3. The van der Waals surface area contributed by atoms with E-state index in [4.69, 9.17) is 4.74 Å². The molecule has 178 valence electrons. The number of para-hydroxylation sites is 2. The number of thioether (sulfide) groups is 1. The van der Waals surface area contributed by atoms with Crippen LogP contribution in [0.3, 0.4) is 0 Å². The largest absolute Gasteiger partial charge is 0.484 e. The van der Waals surface area contributed by atoms with E-state index in [0.717, 1.165) is 4.90 Å². The van der Waals surface area contributed by atoms with Gasteiger partial charge in [0.05, 0.1) is 17.4 Å². The fourth-order valence-electron chi connectivity index (χ4n) is 3.28. The molecule has 0 aliphatic carbocycles. The van der Waals surface area contributed by atoms with Gasteiger partial charge in [-0.2, -0.15) is 10.1 Å². The predicted octanol–water partition coefficient (Wildman–Crippen LogP) is 4.05. The highest BCUT2D eigenvalue weighted by atomic mass is 32.2. The molecule has 3 amide bonds. The number of hydrogen-bond donors (Lipinski definition) is 2. The Balaban J connectivity index is 1.29. The summed E-state index contributed by atoms with van der Waals surface area (Å²) < 4.78 is 5.46. The molecule has 0 aromatic heterocycles. The molecule has 0 spiro atoms. The van der Waals surface area contributed by atoms with E-state index in [2.05, 4.69) is 15.7 Å². The molecule has 35 heavy (non-hydrogen) atoms. The van der Waals surface area contributed by atoms with Crippen LogP contribution in [-0.4, -0.2) is 35.4 Å². The molecule has 8 nitrogen and oxygen atoms in total. The van der Waals surface area contributed by atoms with Crippen LogP contribution in [0.1, 0.15) is 13.3 Å². The van der Waals surface area contributed by atoms with Gasteiger partial charge in [0.2, 0.25) is 5.91 Å². The van der Waals surface area contributed by atoms with Crippen molar-refractivity contribution in [3.8, 4) is 5.75 Å². The standard InChI is InChI=1S/C26H24N4O4S/c1-18(26(33)28-23-16-25(32)30(29-23)20-10-4-2-5-11-20)35-22-14-8-9-19(15-22)27-24(31)17-34-21-12-6-3-7-13-21/h2-15,18H,16-17H2,1H3,(H,27,31)(H,28,29,33). The molecule has 1 aliphatic heterocycles. The second kappa shape index (κ2) is 11.3. The minimum Gasteiger partial charge on any atom is -0.484 e. The van der Waals surface area contributed by atoms with Crippen molar-refractivity contribution in [1.29, 1.82) is 0 Å². The van der Waals surface area contributed by atoms with E-state index in [1.165, 1.54) is 16.8 Å². The number of nitrogens with zero attached hydrogens (tertiary/aromatic N) is 2. The number of benzene rings is 3. The van der Waals surface area contributed by atoms with E-state index in [0.29, 0.717) is 23.0 Å². The summed E-state index contributed by atoms with van der Waals surface area (Å²) in [5, 5.41) is 10.6. The van der Waals surface area contributed by atoms with Crippen LogP contribution < -0.4 is 20.4 Å². The topological polar surface area (TPSA) is 100 Å². The summed E-state index contributed by atoms with van der Waals surface area (Å²) in [5.41, 5.74) is 1.26. The van der Waals surface area contributed by atoms with Gasteiger partial charge in [0.15, 0.2) is 6.61 Å². The van der Waals surface area contributed by atoms with Crippen molar-refractivity contribution in [3.63, 3.8) is 0 Å². The Hall–Kier alpha value is -4.11. The fourth-order valence-corrected chi connectivity index (χ4v) is 4.21. The highest BCUT2D eigenvalue weighted by Gasteiger charge is 2.27. The molecule has 2 N–H and O–H groups in total. The van der Waals surface area contributed by atoms with Crippen molar-refractivity contribution < 1.29 is 19.1 Å². The Labute approximate surface area is 207 Å². The predicted molar refractivity (Wildman–Crippen MR) is 136 cm³/mol. The van der Waals surface area contributed by atoms with Gasteiger partial charge in [-0.25, -0.2) is 0 Å². The zero-order valence-corrected chi connectivity index (χ0v) is 19.8. The number of nitrogens with one attached hydrogen (secondary N) is 2. The van der Waals surface area contributed by atoms with Gasteiger partial charge in [-0.1, -0.05) is 42.5 Å². The van der Waals surface area contributed by atoms with Crippen molar-refractivity contribution in [3.05, 3.63) is 84.9 Å². The number of carbonyl (C=O) groups excluding carboxylic acids is 3. The Morgan fingerprint density at radius 1 is 1.00 bits per heavy atom. The number of ether oxygens (including phenoxy) is 1. The van der Waals surface area contributed by atoms with Gasteiger partial charge in [-0.3, -0.25) is 14.4 Å². The van der Waals surface area contributed by atoms with Crippen LogP contribution in [0.25, 0.3) is 0 Å². The Morgan fingerprint density at radius 3 is 2.46 bits per heavy atom. The van der Waals surface area contributed by atoms with Gasteiger partial charge in [0, 0.05) is 10.6 Å². The van der Waals surface area contributed by atoms with E-state index >= 15 is 0 Å². The summed E-state index contributed by atoms with van der Waals surface area (Å²) in [6.07, 6.45) is 0.0323. The molecule has 1 aliphatic rings. The van der Waals surface area contributed by atoms with Crippen LogP contribution in [0.2, 0.25) is 0 Å². The number of amidine groups is 1. The third-order valence-corrected chi connectivity index (χ3v) is 6.05. The average Bonchev–Trinajstić information content (AvgIpc) is 3.24. The molecule has 0 bridgehead atoms. The molecule has 3 aromatic carbocycles. The molecule has 3 aromatic rings. The van der Waals surface area contributed by atoms with Gasteiger partial charge >= 0.3 is 0 Å². The summed E-state index contributed by atoms with van der Waals surface area (Å²) in [4.78, 5) is 38.0. The van der Waals surface area contributed by atoms with Gasteiger partial charge in [0.25, 0.3) is 11.8 Å². The van der Waals surface area contributed by atoms with Crippen LogP contribution >= 0.6 is 11.8 Å². The number of hydrogen-bond acceptors (Lipinski definition) is 6. The SMILES string of the molecule is CC(Sc1cccc(NC(=O)COc2ccccc2)c1)C(=O)NC1=NN(c2ccccc2)C(=O)C1. The highest BCUT2D eigenvalue weighted by Crippen LogP contribution is 2.26. The van der Waals surface area contributed by atoms with Crippen LogP contribution in [0.4, 0.5) is 11.4 Å². The van der Waals surface area contributed by atoms with Crippen LogP contribution in [0.5, 0.6) is 5.75 Å². The summed E-state index contributed by atoms with van der Waals surface area (Å²) in [6, 6.07) is 25.4. The zero-order chi connectivity index (χ0) is 24.6. The zero-order valence-electron chi connectivity index (χ0n) is 19.0. The maximum atomic E-state index is 12.7. The minimum absolute atomic E-state index is 0.0323. The van der Waals surface area contributed by atoms with Gasteiger partial charge in [-0.05, 0) is 49.4 Å². The fraction of sp³-hybridized carbons (Fsp3) is 0.154. The molecule has 1 heterocycles. The molecule has 4 rings (SSSR count). The number of hydrazone groups is 1. The van der Waals surface area contributed by atoms with E-state index < -0.39 is 5.25 Å². The lowest BCUT2D eigenvalue weighted by Gasteiger charge is -2.13. The third kappa shape index (κ3) is 6.70. The molecule has 0 radical (unpaired) electrons. The van der Waals surface area contributed by atoms with Crippen molar-refractivity contribution in [2.45, 2.75) is 23.5 Å². The maximum Gasteiger partial charge on any atom is 0.262 e. The van der Waals surface area contributed by atoms with E-state index in [9.17, 15) is 14.4 Å². The number of carbonyl (C=O) groups is 3. The van der Waals surface area contributed by atoms with Crippen LogP contribution in [-0.2, 0) is 14.4 Å². The number of rotatable bonds is 8. The van der Waals surface area contributed by atoms with Crippen molar-refractivity contribution >= 4 is 46.7 Å². The van der Waals surface area contributed by atoms with Gasteiger partial charge < -0.3 is 15.4 Å². The molecule has 1 unspecified atom stereocenters. The smallest absolute Gasteiger partial charge is 0.262 e. The molecule has 1 atom stereocenters.